The van der Waals surface area contributed by atoms with E-state index in [1.54, 1.807) is 0 Å². The van der Waals surface area contributed by atoms with Crippen molar-refractivity contribution in [2.75, 3.05) is 52.4 Å². The number of aliphatic imine (C=N–C) groups is 1. The van der Waals surface area contributed by atoms with E-state index in [-0.39, 0.29) is 35.9 Å². The number of carbonyl (C=O) groups is 1. The molecule has 2 aliphatic rings. The summed E-state index contributed by atoms with van der Waals surface area (Å²) in [7, 11) is 0. The van der Waals surface area contributed by atoms with Gasteiger partial charge in [-0.15, -0.1) is 30.4 Å². The van der Waals surface area contributed by atoms with Crippen LogP contribution in [0, 0.1) is 12.3 Å². The fourth-order valence-corrected chi connectivity index (χ4v) is 3.23. The Morgan fingerprint density at radius 2 is 1.79 bits per heavy atom. The number of guanidine groups is 1. The van der Waals surface area contributed by atoms with Gasteiger partial charge in [0.25, 0.3) is 0 Å². The predicted molar refractivity (Wildman–Crippen MR) is 109 cm³/mol. The van der Waals surface area contributed by atoms with E-state index >= 15 is 0 Å². The molecular formula is C17H30IN5O. The number of carbonyl (C=O) groups excluding carboxylic acids is 1. The molecule has 2 heterocycles. The number of likely N-dealkylation sites (tertiary alicyclic amines) is 1. The van der Waals surface area contributed by atoms with Crippen LogP contribution in [-0.2, 0) is 4.79 Å². The van der Waals surface area contributed by atoms with Gasteiger partial charge in [-0.1, -0.05) is 5.92 Å². The molecule has 0 aromatic rings. The Hall–Kier alpha value is -1.01. The van der Waals surface area contributed by atoms with Crippen LogP contribution in [-0.4, -0.2) is 85.0 Å². The lowest BCUT2D eigenvalue weighted by molar-refractivity contribution is -0.135. The van der Waals surface area contributed by atoms with Gasteiger partial charge >= 0.3 is 0 Å². The van der Waals surface area contributed by atoms with Crippen molar-refractivity contribution >= 4 is 35.8 Å². The van der Waals surface area contributed by atoms with Crippen molar-refractivity contribution in [3.63, 3.8) is 0 Å². The number of nitrogens with zero attached hydrogens (tertiary/aromatic N) is 4. The van der Waals surface area contributed by atoms with Gasteiger partial charge in [-0.3, -0.25) is 9.69 Å². The van der Waals surface area contributed by atoms with Crippen LogP contribution >= 0.6 is 24.0 Å². The van der Waals surface area contributed by atoms with Gasteiger partial charge in [-0.05, 0) is 26.7 Å². The Bertz CT molecular complexity index is 462. The second-order valence-corrected chi connectivity index (χ2v) is 6.11. The number of terminal acetylenes is 1. The third kappa shape index (κ3) is 5.52. The van der Waals surface area contributed by atoms with Crippen molar-refractivity contribution in [1.29, 1.82) is 0 Å². The zero-order valence-corrected chi connectivity index (χ0v) is 17.2. The molecule has 1 N–H and O–H groups in total. The largest absolute Gasteiger partial charge is 0.356 e. The summed E-state index contributed by atoms with van der Waals surface area (Å²) >= 11 is 0. The molecule has 6 nitrogen and oxygen atoms in total. The van der Waals surface area contributed by atoms with Crippen LogP contribution in [0.2, 0.25) is 0 Å². The van der Waals surface area contributed by atoms with E-state index in [9.17, 15) is 4.79 Å². The summed E-state index contributed by atoms with van der Waals surface area (Å²) in [5, 5.41) is 3.29. The molecule has 2 fully saturated rings. The molecule has 0 aromatic carbocycles. The van der Waals surface area contributed by atoms with Gasteiger partial charge in [-0.25, -0.2) is 4.99 Å². The molecule has 0 radical (unpaired) electrons. The Balaban J connectivity index is 0.00000288. The predicted octanol–water partition coefficient (Wildman–Crippen LogP) is 0.832. The Morgan fingerprint density at radius 3 is 2.33 bits per heavy atom. The van der Waals surface area contributed by atoms with Crippen molar-refractivity contribution in [3.05, 3.63) is 0 Å². The summed E-state index contributed by atoms with van der Waals surface area (Å²) in [6, 6.07) is -0.0273. The molecule has 136 valence electrons. The van der Waals surface area contributed by atoms with Gasteiger partial charge in [0.15, 0.2) is 5.96 Å². The summed E-state index contributed by atoms with van der Waals surface area (Å²) in [5.74, 6) is 3.71. The van der Waals surface area contributed by atoms with Crippen LogP contribution < -0.4 is 5.32 Å². The SMILES string of the molecule is C#CCN=C(NCC)N1CCN(C(C)C(=O)N2CCCC2)CC1.I. The summed E-state index contributed by atoms with van der Waals surface area (Å²) in [5.41, 5.74) is 0. The van der Waals surface area contributed by atoms with E-state index in [0.29, 0.717) is 6.54 Å². The van der Waals surface area contributed by atoms with E-state index in [1.807, 2.05) is 11.8 Å². The molecular weight excluding hydrogens is 417 g/mol. The van der Waals surface area contributed by atoms with Gasteiger partial charge in [0.05, 0.1) is 6.04 Å². The second kappa shape index (κ2) is 10.8. The normalized spacial score (nSPS) is 20.3. The Labute approximate surface area is 163 Å². The van der Waals surface area contributed by atoms with Gasteiger partial charge in [-0.2, -0.15) is 0 Å². The molecule has 1 unspecified atom stereocenters. The highest BCUT2D eigenvalue weighted by Crippen LogP contribution is 2.14. The zero-order chi connectivity index (χ0) is 16.7. The number of piperazine rings is 1. The molecule has 1 amide bonds. The quantitative estimate of drug-likeness (QED) is 0.300. The first kappa shape index (κ1) is 21.0. The molecule has 0 aromatic heterocycles. The lowest BCUT2D eigenvalue weighted by Crippen LogP contribution is -2.57. The maximum absolute atomic E-state index is 12.5. The zero-order valence-electron chi connectivity index (χ0n) is 14.8. The summed E-state index contributed by atoms with van der Waals surface area (Å²) in [6.45, 7) is 10.6. The van der Waals surface area contributed by atoms with Crippen molar-refractivity contribution in [1.82, 2.24) is 20.0 Å². The van der Waals surface area contributed by atoms with Crippen LogP contribution in [0.4, 0.5) is 0 Å². The fraction of sp³-hybridized carbons (Fsp3) is 0.765. The van der Waals surface area contributed by atoms with Gasteiger partial charge < -0.3 is 15.1 Å². The summed E-state index contributed by atoms with van der Waals surface area (Å²) in [6.07, 6.45) is 7.59. The molecule has 0 bridgehead atoms. The highest BCUT2D eigenvalue weighted by Gasteiger charge is 2.30. The number of nitrogens with one attached hydrogen (secondary N) is 1. The first-order valence-electron chi connectivity index (χ1n) is 8.67. The molecule has 0 saturated carbocycles. The van der Waals surface area contributed by atoms with E-state index in [2.05, 4.69) is 33.0 Å². The van der Waals surface area contributed by atoms with Gasteiger partial charge in [0, 0.05) is 45.8 Å². The number of hydrogen-bond acceptors (Lipinski definition) is 3. The highest BCUT2D eigenvalue weighted by molar-refractivity contribution is 14.0. The van der Waals surface area contributed by atoms with Crippen molar-refractivity contribution in [3.8, 4) is 12.3 Å². The third-order valence-electron chi connectivity index (χ3n) is 4.59. The maximum atomic E-state index is 12.5. The first-order chi connectivity index (χ1) is 11.2. The number of halogens is 1. The van der Waals surface area contributed by atoms with E-state index in [1.165, 1.54) is 0 Å². The van der Waals surface area contributed by atoms with E-state index in [4.69, 9.17) is 6.42 Å². The topological polar surface area (TPSA) is 51.2 Å². The maximum Gasteiger partial charge on any atom is 0.239 e. The monoisotopic (exact) mass is 447 g/mol. The highest BCUT2D eigenvalue weighted by atomic mass is 127. The Kier molecular flexibility index (Phi) is 9.44. The fourth-order valence-electron chi connectivity index (χ4n) is 3.23. The standard InChI is InChI=1S/C17H29N5O.HI/c1-4-8-19-17(18-5-2)22-13-11-20(12-14-22)15(3)16(23)21-9-6-7-10-21;/h1,15H,5-14H2,2-3H3,(H,18,19);1H. The average Bonchev–Trinajstić information content (AvgIpc) is 3.12. The second-order valence-electron chi connectivity index (χ2n) is 6.11. The smallest absolute Gasteiger partial charge is 0.239 e. The number of amides is 1. The first-order valence-corrected chi connectivity index (χ1v) is 8.67. The molecule has 2 aliphatic heterocycles. The van der Waals surface area contributed by atoms with Crippen LogP contribution in [0.1, 0.15) is 26.7 Å². The van der Waals surface area contributed by atoms with Crippen LogP contribution in [0.15, 0.2) is 4.99 Å². The lowest BCUT2D eigenvalue weighted by atomic mass is 10.2. The minimum Gasteiger partial charge on any atom is -0.356 e. The van der Waals surface area contributed by atoms with Gasteiger partial charge in [0.1, 0.15) is 6.54 Å². The minimum atomic E-state index is -0.0273. The molecule has 0 aliphatic carbocycles. The number of hydrogen-bond donors (Lipinski definition) is 1. The van der Waals surface area contributed by atoms with Crippen LogP contribution in [0.5, 0.6) is 0 Å². The van der Waals surface area contributed by atoms with Crippen molar-refractivity contribution in [2.24, 2.45) is 4.99 Å². The third-order valence-corrected chi connectivity index (χ3v) is 4.59. The van der Waals surface area contributed by atoms with Crippen molar-refractivity contribution in [2.45, 2.75) is 32.7 Å². The molecule has 2 saturated heterocycles. The summed E-state index contributed by atoms with van der Waals surface area (Å²) < 4.78 is 0. The summed E-state index contributed by atoms with van der Waals surface area (Å²) in [4.78, 5) is 23.5. The number of rotatable bonds is 4. The molecule has 1 atom stereocenters. The van der Waals surface area contributed by atoms with Crippen LogP contribution in [0.3, 0.4) is 0 Å². The molecule has 7 heteroatoms. The van der Waals surface area contributed by atoms with E-state index in [0.717, 1.165) is 64.6 Å². The lowest BCUT2D eigenvalue weighted by Gasteiger charge is -2.39. The van der Waals surface area contributed by atoms with Crippen molar-refractivity contribution < 1.29 is 4.79 Å². The van der Waals surface area contributed by atoms with E-state index < -0.39 is 0 Å². The minimum absolute atomic E-state index is 0. The van der Waals surface area contributed by atoms with Gasteiger partial charge in [0.2, 0.25) is 5.91 Å². The van der Waals surface area contributed by atoms with Crippen LogP contribution in [0.25, 0.3) is 0 Å². The molecule has 24 heavy (non-hydrogen) atoms. The average molecular weight is 447 g/mol. The molecule has 0 spiro atoms. The molecule has 2 rings (SSSR count). The Morgan fingerprint density at radius 1 is 1.17 bits per heavy atom.